The van der Waals surface area contributed by atoms with Crippen molar-refractivity contribution < 1.29 is 9.47 Å². The van der Waals surface area contributed by atoms with Crippen LogP contribution in [0.2, 0.25) is 0 Å². The number of ether oxygens (including phenoxy) is 2. The van der Waals surface area contributed by atoms with Gasteiger partial charge in [-0.2, -0.15) is 0 Å². The molecule has 76 valence electrons. The molecule has 1 aromatic rings. The SMILES string of the molecule is Cc1ccc(N)c(O[C@@H]2CCOC2)c1. The van der Waals surface area contributed by atoms with Crippen LogP contribution in [-0.4, -0.2) is 19.3 Å². The zero-order valence-corrected chi connectivity index (χ0v) is 8.32. The maximum absolute atomic E-state index is 5.80. The summed E-state index contributed by atoms with van der Waals surface area (Å²) in [6.07, 6.45) is 1.12. The standard InChI is InChI=1S/C11H15NO2/c1-8-2-3-10(12)11(6-8)14-9-4-5-13-7-9/h2-3,6,9H,4-5,7,12H2,1H3/t9-/m1/s1. The molecule has 1 aliphatic heterocycles. The van der Waals surface area contributed by atoms with E-state index < -0.39 is 0 Å². The molecule has 0 spiro atoms. The Labute approximate surface area is 83.8 Å². The van der Waals surface area contributed by atoms with E-state index in [1.165, 1.54) is 0 Å². The van der Waals surface area contributed by atoms with Crippen LogP contribution in [0.5, 0.6) is 5.75 Å². The Hall–Kier alpha value is -1.22. The molecule has 0 bridgehead atoms. The first-order valence-corrected chi connectivity index (χ1v) is 4.86. The third kappa shape index (κ3) is 1.99. The van der Waals surface area contributed by atoms with Crippen molar-refractivity contribution >= 4 is 5.69 Å². The van der Waals surface area contributed by atoms with E-state index in [4.69, 9.17) is 15.2 Å². The Morgan fingerprint density at radius 1 is 1.50 bits per heavy atom. The third-order valence-corrected chi connectivity index (χ3v) is 2.35. The summed E-state index contributed by atoms with van der Waals surface area (Å²) in [5.74, 6) is 0.778. The fourth-order valence-corrected chi connectivity index (χ4v) is 1.53. The average Bonchev–Trinajstić information content (AvgIpc) is 2.64. The molecular formula is C11H15NO2. The van der Waals surface area contributed by atoms with Crippen LogP contribution in [0.4, 0.5) is 5.69 Å². The first-order chi connectivity index (χ1) is 6.75. The van der Waals surface area contributed by atoms with Gasteiger partial charge in [0.1, 0.15) is 11.9 Å². The van der Waals surface area contributed by atoms with Crippen LogP contribution in [0.15, 0.2) is 18.2 Å². The maximum Gasteiger partial charge on any atom is 0.142 e. The molecule has 3 heteroatoms. The molecule has 1 heterocycles. The van der Waals surface area contributed by atoms with E-state index in [9.17, 15) is 0 Å². The Balaban J connectivity index is 2.10. The van der Waals surface area contributed by atoms with Gasteiger partial charge in [-0.15, -0.1) is 0 Å². The molecule has 0 radical (unpaired) electrons. The minimum atomic E-state index is 0.166. The van der Waals surface area contributed by atoms with Crippen molar-refractivity contribution in [1.29, 1.82) is 0 Å². The van der Waals surface area contributed by atoms with Gasteiger partial charge < -0.3 is 15.2 Å². The maximum atomic E-state index is 5.80. The Bertz CT molecular complexity index is 319. The second kappa shape index (κ2) is 3.88. The summed E-state index contributed by atoms with van der Waals surface area (Å²) < 4.78 is 11.0. The van der Waals surface area contributed by atoms with Crippen LogP contribution in [-0.2, 0) is 4.74 Å². The minimum Gasteiger partial charge on any atom is -0.486 e. The zero-order chi connectivity index (χ0) is 9.97. The summed E-state index contributed by atoms with van der Waals surface area (Å²) >= 11 is 0. The van der Waals surface area contributed by atoms with Crippen molar-refractivity contribution in [2.75, 3.05) is 18.9 Å². The molecule has 0 amide bonds. The molecule has 14 heavy (non-hydrogen) atoms. The number of nitrogens with two attached hydrogens (primary N) is 1. The van der Waals surface area contributed by atoms with Crippen molar-refractivity contribution in [2.45, 2.75) is 19.4 Å². The van der Waals surface area contributed by atoms with Gasteiger partial charge in [0.05, 0.1) is 18.9 Å². The van der Waals surface area contributed by atoms with Gasteiger partial charge in [-0.3, -0.25) is 0 Å². The predicted octanol–water partition coefficient (Wildman–Crippen LogP) is 1.74. The van der Waals surface area contributed by atoms with E-state index in [2.05, 4.69) is 0 Å². The van der Waals surface area contributed by atoms with Crippen molar-refractivity contribution in [3.63, 3.8) is 0 Å². The molecule has 2 N–H and O–H groups in total. The van der Waals surface area contributed by atoms with Gasteiger partial charge in [0.15, 0.2) is 0 Å². The highest BCUT2D eigenvalue weighted by molar-refractivity contribution is 5.53. The van der Waals surface area contributed by atoms with Crippen LogP contribution in [0.3, 0.4) is 0 Å². The summed E-state index contributed by atoms with van der Waals surface area (Å²) in [5, 5.41) is 0. The van der Waals surface area contributed by atoms with Gasteiger partial charge in [0.25, 0.3) is 0 Å². The van der Waals surface area contributed by atoms with Crippen molar-refractivity contribution in [2.24, 2.45) is 0 Å². The highest BCUT2D eigenvalue weighted by atomic mass is 16.5. The number of rotatable bonds is 2. The lowest BCUT2D eigenvalue weighted by Gasteiger charge is -2.14. The first kappa shape index (κ1) is 9.34. The van der Waals surface area contributed by atoms with E-state index in [1.54, 1.807) is 0 Å². The van der Waals surface area contributed by atoms with Crippen LogP contribution in [0.1, 0.15) is 12.0 Å². The minimum absolute atomic E-state index is 0.166. The predicted molar refractivity (Wildman–Crippen MR) is 55.4 cm³/mol. The summed E-state index contributed by atoms with van der Waals surface area (Å²) in [6, 6.07) is 5.82. The molecule has 0 aliphatic carbocycles. The van der Waals surface area contributed by atoms with E-state index in [0.717, 1.165) is 24.3 Å². The molecule has 0 unspecified atom stereocenters. The number of benzene rings is 1. The van der Waals surface area contributed by atoms with E-state index in [1.807, 2.05) is 25.1 Å². The summed E-state index contributed by atoms with van der Waals surface area (Å²) in [5.41, 5.74) is 7.66. The molecule has 1 saturated heterocycles. The van der Waals surface area contributed by atoms with Gasteiger partial charge in [-0.05, 0) is 24.6 Å². The Morgan fingerprint density at radius 2 is 2.36 bits per heavy atom. The van der Waals surface area contributed by atoms with Crippen LogP contribution in [0, 0.1) is 6.92 Å². The van der Waals surface area contributed by atoms with Crippen LogP contribution in [0.25, 0.3) is 0 Å². The molecule has 0 aromatic heterocycles. The lowest BCUT2D eigenvalue weighted by Crippen LogP contribution is -2.16. The number of hydrogen-bond donors (Lipinski definition) is 1. The van der Waals surface area contributed by atoms with E-state index in [0.29, 0.717) is 12.3 Å². The number of anilines is 1. The van der Waals surface area contributed by atoms with Crippen LogP contribution < -0.4 is 10.5 Å². The number of nitrogen functional groups attached to an aromatic ring is 1. The van der Waals surface area contributed by atoms with Crippen molar-refractivity contribution in [3.8, 4) is 5.75 Å². The molecule has 1 fully saturated rings. The van der Waals surface area contributed by atoms with Crippen LogP contribution >= 0.6 is 0 Å². The van der Waals surface area contributed by atoms with Gasteiger partial charge >= 0.3 is 0 Å². The fraction of sp³-hybridized carbons (Fsp3) is 0.455. The highest BCUT2D eigenvalue weighted by Gasteiger charge is 2.17. The fourth-order valence-electron chi connectivity index (χ4n) is 1.53. The summed E-state index contributed by atoms with van der Waals surface area (Å²) in [4.78, 5) is 0. The average molecular weight is 193 g/mol. The molecule has 3 nitrogen and oxygen atoms in total. The van der Waals surface area contributed by atoms with Gasteiger partial charge in [-0.1, -0.05) is 6.07 Å². The molecule has 1 aliphatic rings. The van der Waals surface area contributed by atoms with Gasteiger partial charge in [-0.25, -0.2) is 0 Å². The van der Waals surface area contributed by atoms with Gasteiger partial charge in [0, 0.05) is 6.42 Å². The molecule has 0 saturated carbocycles. The summed E-state index contributed by atoms with van der Waals surface area (Å²) in [7, 11) is 0. The normalized spacial score (nSPS) is 21.1. The topological polar surface area (TPSA) is 44.5 Å². The quantitative estimate of drug-likeness (QED) is 0.728. The molecule has 1 atom stereocenters. The van der Waals surface area contributed by atoms with Crippen molar-refractivity contribution in [3.05, 3.63) is 23.8 Å². The second-order valence-electron chi connectivity index (χ2n) is 3.64. The third-order valence-electron chi connectivity index (χ3n) is 2.35. The van der Waals surface area contributed by atoms with Gasteiger partial charge in [0.2, 0.25) is 0 Å². The lowest BCUT2D eigenvalue weighted by atomic mass is 10.2. The van der Waals surface area contributed by atoms with Crippen molar-refractivity contribution in [1.82, 2.24) is 0 Å². The molecule has 1 aromatic carbocycles. The monoisotopic (exact) mass is 193 g/mol. The largest absolute Gasteiger partial charge is 0.486 e. The number of hydrogen-bond acceptors (Lipinski definition) is 3. The zero-order valence-electron chi connectivity index (χ0n) is 8.32. The summed E-state index contributed by atoms with van der Waals surface area (Å²) in [6.45, 7) is 3.49. The highest BCUT2D eigenvalue weighted by Crippen LogP contribution is 2.25. The number of aryl methyl sites for hydroxylation is 1. The molecule has 2 rings (SSSR count). The van der Waals surface area contributed by atoms with E-state index >= 15 is 0 Å². The first-order valence-electron chi connectivity index (χ1n) is 4.86. The smallest absolute Gasteiger partial charge is 0.142 e. The molecular weight excluding hydrogens is 178 g/mol. The second-order valence-corrected chi connectivity index (χ2v) is 3.64. The lowest BCUT2D eigenvalue weighted by molar-refractivity contribution is 0.142. The van der Waals surface area contributed by atoms with E-state index in [-0.39, 0.29) is 6.10 Å². The Morgan fingerprint density at radius 3 is 3.07 bits per heavy atom. The Kier molecular flexibility index (Phi) is 2.59.